The van der Waals surface area contributed by atoms with Crippen LogP contribution in [0.4, 0.5) is 14.7 Å². The summed E-state index contributed by atoms with van der Waals surface area (Å²) < 4.78 is 36.1. The third-order valence-corrected chi connectivity index (χ3v) is 6.46. The average molecular weight is 584 g/mol. The Balaban J connectivity index is 0.000000287. The van der Waals surface area contributed by atoms with E-state index in [1.54, 1.807) is 18.2 Å². The molecule has 1 N–H and O–H groups in total. The van der Waals surface area contributed by atoms with Crippen molar-refractivity contribution in [2.45, 2.75) is 39.7 Å². The fraction of sp³-hybridized carbons (Fsp3) is 0.455. The zero-order valence-corrected chi connectivity index (χ0v) is 25.5. The van der Waals surface area contributed by atoms with E-state index in [0.717, 1.165) is 48.8 Å². The SMILES string of the molecule is C/C=C/CN(Cc1ccccc1OCCN1CCCC1)CC(F)F.CCOC.CNc1nccc(-c2ccccc2)n1. The van der Waals surface area contributed by atoms with Gasteiger partial charge in [0.15, 0.2) is 0 Å². The molecule has 1 saturated heterocycles. The standard InChI is InChI=1S/C19H28F2N2O.C11H11N3.C3H8O/c1-2-3-10-23(16-19(20)21)15-17-8-4-5-9-18(17)24-14-13-22-11-6-7-12-22;1-12-11-13-8-7-10(14-11)9-5-3-2-4-6-9;1-3-4-2/h2-5,8-9,19H,6-7,10-16H2,1H3;2-8H,1H3,(H,12,13,14);3H2,1-2H3/b3-2+;;. The smallest absolute Gasteiger partial charge is 0.251 e. The quantitative estimate of drug-likeness (QED) is 0.226. The van der Waals surface area contributed by atoms with Crippen LogP contribution in [0.3, 0.4) is 0 Å². The monoisotopic (exact) mass is 583 g/mol. The molecule has 1 fully saturated rings. The second-order valence-electron chi connectivity index (χ2n) is 9.62. The minimum absolute atomic E-state index is 0.230. The van der Waals surface area contributed by atoms with Crippen LogP contribution in [0.25, 0.3) is 11.3 Å². The molecule has 0 unspecified atom stereocenters. The molecule has 0 radical (unpaired) electrons. The van der Waals surface area contributed by atoms with Crippen LogP contribution in [0.15, 0.2) is 79.0 Å². The fourth-order valence-electron chi connectivity index (χ4n) is 4.21. The summed E-state index contributed by atoms with van der Waals surface area (Å²) in [4.78, 5) is 12.5. The van der Waals surface area contributed by atoms with Gasteiger partial charge in [-0.1, -0.05) is 60.7 Å². The lowest BCUT2D eigenvalue weighted by Crippen LogP contribution is -2.29. The predicted octanol–water partition coefficient (Wildman–Crippen LogP) is 6.64. The zero-order chi connectivity index (χ0) is 30.4. The second-order valence-corrected chi connectivity index (χ2v) is 9.62. The molecule has 4 rings (SSSR count). The van der Waals surface area contributed by atoms with E-state index < -0.39 is 6.43 Å². The Hall–Kier alpha value is -3.40. The lowest BCUT2D eigenvalue weighted by atomic mass is 10.1. The summed E-state index contributed by atoms with van der Waals surface area (Å²) in [6.45, 7) is 9.29. The van der Waals surface area contributed by atoms with Crippen LogP contribution in [0.5, 0.6) is 5.75 Å². The minimum atomic E-state index is -2.33. The molecule has 7 nitrogen and oxygen atoms in total. The Morgan fingerprint density at radius 2 is 1.74 bits per heavy atom. The highest BCUT2D eigenvalue weighted by Gasteiger charge is 2.15. The van der Waals surface area contributed by atoms with E-state index in [0.29, 0.717) is 25.6 Å². The topological polar surface area (TPSA) is 62.8 Å². The number of halogens is 2. The molecule has 0 amide bonds. The molecule has 0 atom stereocenters. The third-order valence-electron chi connectivity index (χ3n) is 6.46. The second kappa shape index (κ2) is 21.3. The molecular formula is C33H47F2N5O2. The number of para-hydroxylation sites is 1. The van der Waals surface area contributed by atoms with Gasteiger partial charge in [-0.25, -0.2) is 18.7 Å². The number of benzene rings is 2. The maximum atomic E-state index is 12.8. The molecule has 1 aliphatic rings. The van der Waals surface area contributed by atoms with Gasteiger partial charge in [0.25, 0.3) is 6.43 Å². The Morgan fingerprint density at radius 3 is 2.38 bits per heavy atom. The van der Waals surface area contributed by atoms with E-state index in [-0.39, 0.29) is 6.54 Å². The third kappa shape index (κ3) is 14.0. The van der Waals surface area contributed by atoms with Crippen LogP contribution in [-0.2, 0) is 11.3 Å². The van der Waals surface area contributed by atoms with E-state index in [9.17, 15) is 8.78 Å². The Kier molecular flexibility index (Phi) is 17.7. The van der Waals surface area contributed by atoms with Crippen molar-refractivity contribution in [3.63, 3.8) is 0 Å². The maximum Gasteiger partial charge on any atom is 0.251 e. The number of ether oxygens (including phenoxy) is 2. The first-order valence-corrected chi connectivity index (χ1v) is 14.6. The number of alkyl halides is 2. The number of hydrogen-bond acceptors (Lipinski definition) is 7. The molecule has 0 spiro atoms. The van der Waals surface area contributed by atoms with Gasteiger partial charge in [0.2, 0.25) is 5.95 Å². The molecule has 0 aliphatic carbocycles. The number of methoxy groups -OCH3 is 1. The maximum absolute atomic E-state index is 12.8. The highest BCUT2D eigenvalue weighted by molar-refractivity contribution is 5.59. The van der Waals surface area contributed by atoms with Crippen LogP contribution in [0, 0.1) is 0 Å². The van der Waals surface area contributed by atoms with Gasteiger partial charge in [0, 0.05) is 57.7 Å². The number of nitrogens with zero attached hydrogens (tertiary/aromatic N) is 4. The number of hydrogen-bond donors (Lipinski definition) is 1. The van der Waals surface area contributed by atoms with Gasteiger partial charge in [-0.2, -0.15) is 0 Å². The van der Waals surface area contributed by atoms with Crippen molar-refractivity contribution in [2.24, 2.45) is 0 Å². The normalized spacial score (nSPS) is 13.0. The van der Waals surface area contributed by atoms with Crippen LogP contribution >= 0.6 is 0 Å². The minimum Gasteiger partial charge on any atom is -0.492 e. The van der Waals surface area contributed by atoms with E-state index in [1.807, 2.05) is 93.7 Å². The van der Waals surface area contributed by atoms with E-state index in [4.69, 9.17) is 4.74 Å². The van der Waals surface area contributed by atoms with Crippen LogP contribution in [-0.4, -0.2) is 86.3 Å². The fourth-order valence-corrected chi connectivity index (χ4v) is 4.21. The van der Waals surface area contributed by atoms with Crippen molar-refractivity contribution >= 4 is 5.95 Å². The zero-order valence-electron chi connectivity index (χ0n) is 25.5. The molecule has 0 bridgehead atoms. The van der Waals surface area contributed by atoms with Gasteiger partial charge in [-0.3, -0.25) is 9.80 Å². The van der Waals surface area contributed by atoms with Crippen LogP contribution < -0.4 is 10.1 Å². The number of allylic oxidation sites excluding steroid dienone is 1. The van der Waals surface area contributed by atoms with Gasteiger partial charge in [-0.15, -0.1) is 0 Å². The van der Waals surface area contributed by atoms with Gasteiger partial charge in [0.05, 0.1) is 12.2 Å². The van der Waals surface area contributed by atoms with Crippen molar-refractivity contribution in [1.29, 1.82) is 0 Å². The van der Waals surface area contributed by atoms with Gasteiger partial charge < -0.3 is 14.8 Å². The number of likely N-dealkylation sites (tertiary alicyclic amines) is 1. The number of anilines is 1. The molecule has 9 heteroatoms. The highest BCUT2D eigenvalue weighted by atomic mass is 19.3. The van der Waals surface area contributed by atoms with Crippen molar-refractivity contribution < 1.29 is 18.3 Å². The van der Waals surface area contributed by atoms with Crippen molar-refractivity contribution in [1.82, 2.24) is 19.8 Å². The number of rotatable bonds is 13. The summed E-state index contributed by atoms with van der Waals surface area (Å²) in [6, 6.07) is 19.7. The first kappa shape index (κ1) is 34.8. The molecule has 1 aromatic heterocycles. The Bertz CT molecular complexity index is 1130. The van der Waals surface area contributed by atoms with Gasteiger partial charge in [-0.05, 0) is 51.9 Å². The molecule has 42 heavy (non-hydrogen) atoms. The molecule has 1 aliphatic heterocycles. The summed E-state index contributed by atoms with van der Waals surface area (Å²) in [5, 5.41) is 2.91. The largest absolute Gasteiger partial charge is 0.492 e. The predicted molar refractivity (Wildman–Crippen MR) is 168 cm³/mol. The lowest BCUT2D eigenvalue weighted by Gasteiger charge is -2.22. The molecule has 2 heterocycles. The molecule has 3 aromatic rings. The number of aromatic nitrogens is 2. The van der Waals surface area contributed by atoms with Crippen LogP contribution in [0.1, 0.15) is 32.3 Å². The molecule has 2 aromatic carbocycles. The van der Waals surface area contributed by atoms with Crippen molar-refractivity contribution in [3.8, 4) is 17.0 Å². The van der Waals surface area contributed by atoms with Gasteiger partial charge in [0.1, 0.15) is 12.4 Å². The number of nitrogens with one attached hydrogen (secondary N) is 1. The Morgan fingerprint density at radius 1 is 1.05 bits per heavy atom. The summed E-state index contributed by atoms with van der Waals surface area (Å²) in [6.07, 6.45) is 5.74. The van der Waals surface area contributed by atoms with Gasteiger partial charge >= 0.3 is 0 Å². The highest BCUT2D eigenvalue weighted by Crippen LogP contribution is 2.21. The van der Waals surface area contributed by atoms with Crippen molar-refractivity contribution in [3.05, 3.63) is 84.6 Å². The summed E-state index contributed by atoms with van der Waals surface area (Å²) in [7, 11) is 3.49. The van der Waals surface area contributed by atoms with E-state index in [2.05, 4.69) is 24.9 Å². The van der Waals surface area contributed by atoms with Crippen LogP contribution in [0.2, 0.25) is 0 Å². The van der Waals surface area contributed by atoms with Crippen molar-refractivity contribution in [2.75, 3.05) is 65.4 Å². The summed E-state index contributed by atoms with van der Waals surface area (Å²) in [5.41, 5.74) is 3.00. The molecule has 0 saturated carbocycles. The average Bonchev–Trinajstić information content (AvgIpc) is 3.55. The molecule has 230 valence electrons. The summed E-state index contributed by atoms with van der Waals surface area (Å²) >= 11 is 0. The Labute approximate surface area is 250 Å². The first-order valence-electron chi connectivity index (χ1n) is 14.6. The van der Waals surface area contributed by atoms with E-state index in [1.165, 1.54) is 12.8 Å². The van der Waals surface area contributed by atoms with E-state index >= 15 is 0 Å². The molecular weight excluding hydrogens is 536 g/mol. The lowest BCUT2D eigenvalue weighted by molar-refractivity contribution is 0.0899. The summed E-state index contributed by atoms with van der Waals surface area (Å²) in [5.74, 6) is 1.45. The first-order chi connectivity index (χ1) is 20.5.